The number of hydrogen-bond donors (Lipinski definition) is 1. The Morgan fingerprint density at radius 2 is 1.90 bits per heavy atom. The molecule has 1 saturated heterocycles. The first-order valence-corrected chi connectivity index (χ1v) is 11.1. The van der Waals surface area contributed by atoms with Crippen LogP contribution in [-0.4, -0.2) is 44.8 Å². The summed E-state index contributed by atoms with van der Waals surface area (Å²) in [5.74, 6) is 1.59. The fourth-order valence-electron chi connectivity index (χ4n) is 3.76. The van der Waals surface area contributed by atoms with Crippen molar-refractivity contribution in [1.82, 2.24) is 19.7 Å². The molecule has 3 aromatic rings. The molecule has 1 aliphatic heterocycles. The van der Waals surface area contributed by atoms with Crippen LogP contribution in [0.5, 0.6) is 5.75 Å². The second-order valence-corrected chi connectivity index (χ2v) is 8.74. The predicted octanol–water partition coefficient (Wildman–Crippen LogP) is 4.95. The molecular formula is C23H25ClN4O2S. The maximum absolute atomic E-state index is 13.0. The van der Waals surface area contributed by atoms with Crippen molar-refractivity contribution >= 4 is 29.7 Å². The molecule has 2 aromatic carbocycles. The Balaban J connectivity index is 1.39. The highest BCUT2D eigenvalue weighted by Gasteiger charge is 2.25. The van der Waals surface area contributed by atoms with Crippen LogP contribution in [0, 0.1) is 18.6 Å². The number of aromatic amines is 1. The van der Waals surface area contributed by atoms with Gasteiger partial charge in [-0.1, -0.05) is 23.7 Å². The molecule has 0 unspecified atom stereocenters. The van der Waals surface area contributed by atoms with E-state index in [4.69, 9.17) is 28.6 Å². The van der Waals surface area contributed by atoms with E-state index in [1.165, 1.54) is 5.56 Å². The smallest absolute Gasteiger partial charge is 0.242 e. The Kier molecular flexibility index (Phi) is 6.43. The average molecular weight is 457 g/mol. The second kappa shape index (κ2) is 9.24. The fourth-order valence-corrected chi connectivity index (χ4v) is 4.08. The molecule has 0 saturated carbocycles. The van der Waals surface area contributed by atoms with Gasteiger partial charge in [0.2, 0.25) is 5.91 Å². The van der Waals surface area contributed by atoms with Crippen LogP contribution >= 0.6 is 23.8 Å². The zero-order valence-electron chi connectivity index (χ0n) is 17.6. The third kappa shape index (κ3) is 4.99. The summed E-state index contributed by atoms with van der Waals surface area (Å²) in [5, 5.41) is 7.74. The van der Waals surface area contributed by atoms with Crippen molar-refractivity contribution in [2.45, 2.75) is 39.3 Å². The van der Waals surface area contributed by atoms with E-state index in [2.05, 4.69) is 42.2 Å². The zero-order chi connectivity index (χ0) is 22.0. The minimum Gasteiger partial charge on any atom is -0.490 e. The molecule has 162 valence electrons. The second-order valence-electron chi connectivity index (χ2n) is 7.91. The molecule has 0 bridgehead atoms. The van der Waals surface area contributed by atoms with Gasteiger partial charge in [0.15, 0.2) is 10.6 Å². The summed E-state index contributed by atoms with van der Waals surface area (Å²) in [7, 11) is 0. The van der Waals surface area contributed by atoms with Crippen molar-refractivity contribution in [1.29, 1.82) is 0 Å². The first-order chi connectivity index (χ1) is 14.9. The minimum absolute atomic E-state index is 0.0258. The Morgan fingerprint density at radius 1 is 1.19 bits per heavy atom. The molecule has 0 atom stereocenters. The topological polar surface area (TPSA) is 63.1 Å². The summed E-state index contributed by atoms with van der Waals surface area (Å²) in [6, 6.07) is 13.6. The van der Waals surface area contributed by atoms with E-state index in [0.29, 0.717) is 28.7 Å². The average Bonchev–Trinajstić information content (AvgIpc) is 3.12. The van der Waals surface area contributed by atoms with Crippen LogP contribution in [0.3, 0.4) is 0 Å². The third-order valence-electron chi connectivity index (χ3n) is 5.59. The first-order valence-electron chi connectivity index (χ1n) is 10.3. The zero-order valence-corrected chi connectivity index (χ0v) is 19.2. The fraction of sp³-hybridized carbons (Fsp3) is 0.348. The molecule has 1 aliphatic rings. The summed E-state index contributed by atoms with van der Waals surface area (Å²) in [4.78, 5) is 14.9. The molecule has 0 radical (unpaired) electrons. The molecule has 1 amide bonds. The van der Waals surface area contributed by atoms with Gasteiger partial charge in [0.05, 0.1) is 0 Å². The molecule has 2 heterocycles. The molecular weight excluding hydrogens is 432 g/mol. The van der Waals surface area contributed by atoms with E-state index in [-0.39, 0.29) is 18.6 Å². The number of nitrogens with zero attached hydrogens (tertiary/aromatic N) is 3. The number of H-pyrrole nitrogens is 1. The minimum atomic E-state index is 0.0258. The predicted molar refractivity (Wildman–Crippen MR) is 124 cm³/mol. The molecule has 1 fully saturated rings. The normalized spacial score (nSPS) is 14.6. The van der Waals surface area contributed by atoms with Crippen LogP contribution in [0.2, 0.25) is 5.02 Å². The van der Waals surface area contributed by atoms with Crippen LogP contribution in [0.4, 0.5) is 0 Å². The van der Waals surface area contributed by atoms with Crippen molar-refractivity contribution in [3.63, 3.8) is 0 Å². The van der Waals surface area contributed by atoms with Gasteiger partial charge in [0.1, 0.15) is 18.4 Å². The molecule has 0 aliphatic carbocycles. The van der Waals surface area contributed by atoms with E-state index in [1.54, 1.807) is 16.7 Å². The van der Waals surface area contributed by atoms with E-state index < -0.39 is 0 Å². The van der Waals surface area contributed by atoms with E-state index >= 15 is 0 Å². The highest BCUT2D eigenvalue weighted by molar-refractivity contribution is 7.71. The van der Waals surface area contributed by atoms with Gasteiger partial charge in [-0.2, -0.15) is 5.10 Å². The molecule has 1 aromatic heterocycles. The van der Waals surface area contributed by atoms with Crippen LogP contribution < -0.4 is 4.74 Å². The number of benzene rings is 2. The Labute approximate surface area is 191 Å². The highest BCUT2D eigenvalue weighted by Crippen LogP contribution is 2.25. The number of amides is 1. The lowest BCUT2D eigenvalue weighted by atomic mass is 10.1. The summed E-state index contributed by atoms with van der Waals surface area (Å²) < 4.78 is 8.38. The monoisotopic (exact) mass is 456 g/mol. The Morgan fingerprint density at radius 3 is 2.61 bits per heavy atom. The van der Waals surface area contributed by atoms with Crippen molar-refractivity contribution in [2.75, 3.05) is 13.1 Å². The summed E-state index contributed by atoms with van der Waals surface area (Å²) >= 11 is 11.3. The maximum atomic E-state index is 13.0. The van der Waals surface area contributed by atoms with Gasteiger partial charge in [-0.15, -0.1) is 0 Å². The van der Waals surface area contributed by atoms with Crippen molar-refractivity contribution in [2.24, 2.45) is 0 Å². The molecule has 0 spiro atoms. The van der Waals surface area contributed by atoms with Gasteiger partial charge in [-0.3, -0.25) is 14.5 Å². The number of carbonyl (C=O) groups is 1. The SMILES string of the molecule is Cc1ccc(C)c(OC2CCN(C(=O)Cn3c(-c4ccc(Cl)cc4)n[nH]c3=S)CC2)c1. The lowest BCUT2D eigenvalue weighted by Gasteiger charge is -2.32. The van der Waals surface area contributed by atoms with Gasteiger partial charge in [0.25, 0.3) is 0 Å². The van der Waals surface area contributed by atoms with Gasteiger partial charge >= 0.3 is 0 Å². The van der Waals surface area contributed by atoms with Gasteiger partial charge in [0, 0.05) is 36.5 Å². The molecule has 4 rings (SSSR count). The number of likely N-dealkylation sites (tertiary alicyclic amines) is 1. The summed E-state index contributed by atoms with van der Waals surface area (Å²) in [6.45, 7) is 5.59. The number of carbonyl (C=O) groups excluding carboxylic acids is 1. The Bertz CT molecular complexity index is 1130. The third-order valence-corrected chi connectivity index (χ3v) is 6.15. The number of hydrogen-bond acceptors (Lipinski definition) is 4. The Hall–Kier alpha value is -2.64. The van der Waals surface area contributed by atoms with Crippen LogP contribution in [0.25, 0.3) is 11.4 Å². The van der Waals surface area contributed by atoms with Gasteiger partial charge in [-0.25, -0.2) is 0 Å². The molecule has 31 heavy (non-hydrogen) atoms. The number of nitrogens with one attached hydrogen (secondary N) is 1. The van der Waals surface area contributed by atoms with Crippen molar-refractivity contribution in [3.05, 3.63) is 63.4 Å². The largest absolute Gasteiger partial charge is 0.490 e. The standard InChI is InChI=1S/C23H25ClN4O2S/c1-15-3-4-16(2)20(13-15)30-19-9-11-27(12-10-19)21(29)14-28-22(25-26-23(28)31)17-5-7-18(24)8-6-17/h3-8,13,19H,9-12,14H2,1-2H3,(H,26,31). The summed E-state index contributed by atoms with van der Waals surface area (Å²) in [5.41, 5.74) is 3.17. The molecule has 6 nitrogen and oxygen atoms in total. The van der Waals surface area contributed by atoms with E-state index in [1.807, 2.05) is 17.0 Å². The van der Waals surface area contributed by atoms with Gasteiger partial charge < -0.3 is 9.64 Å². The van der Waals surface area contributed by atoms with Crippen molar-refractivity contribution in [3.8, 4) is 17.1 Å². The number of rotatable bonds is 5. The van der Waals surface area contributed by atoms with Gasteiger partial charge in [-0.05, 0) is 67.5 Å². The van der Waals surface area contributed by atoms with Crippen molar-refractivity contribution < 1.29 is 9.53 Å². The van der Waals surface area contributed by atoms with Crippen LogP contribution in [-0.2, 0) is 11.3 Å². The lowest BCUT2D eigenvalue weighted by Crippen LogP contribution is -2.43. The number of halogens is 1. The maximum Gasteiger partial charge on any atom is 0.242 e. The van der Waals surface area contributed by atoms with Crippen LogP contribution in [0.15, 0.2) is 42.5 Å². The highest BCUT2D eigenvalue weighted by atomic mass is 35.5. The molecule has 1 N–H and O–H groups in total. The van der Waals surface area contributed by atoms with Crippen LogP contribution in [0.1, 0.15) is 24.0 Å². The molecule has 8 heteroatoms. The number of aryl methyl sites for hydroxylation is 2. The van der Waals surface area contributed by atoms with E-state index in [9.17, 15) is 4.79 Å². The lowest BCUT2D eigenvalue weighted by molar-refractivity contribution is -0.133. The number of piperidine rings is 1. The van der Waals surface area contributed by atoms with E-state index in [0.717, 1.165) is 29.7 Å². The number of ether oxygens (including phenoxy) is 1. The first kappa shape index (κ1) is 21.6. The quantitative estimate of drug-likeness (QED) is 0.552. The number of aromatic nitrogens is 3. The summed E-state index contributed by atoms with van der Waals surface area (Å²) in [6.07, 6.45) is 1.73.